The Morgan fingerprint density at radius 3 is 2.32 bits per heavy atom. The Hall–Kier alpha value is -2.49. The third kappa shape index (κ3) is 4.52. The summed E-state index contributed by atoms with van der Waals surface area (Å²) in [5, 5.41) is 7.14. The summed E-state index contributed by atoms with van der Waals surface area (Å²) in [6.45, 7) is 10.1. The number of aromatic nitrogens is 4. The van der Waals surface area contributed by atoms with E-state index < -0.39 is 0 Å². The summed E-state index contributed by atoms with van der Waals surface area (Å²) in [6, 6.07) is 13.8. The highest BCUT2D eigenvalue weighted by molar-refractivity contribution is 5.59. The minimum Gasteiger partial charge on any atom is -0.257 e. The Kier molecular flexibility index (Phi) is 7.54. The molecule has 116 valence electrons. The minimum absolute atomic E-state index is 0.687. The van der Waals surface area contributed by atoms with Crippen LogP contribution in [0.1, 0.15) is 33.3 Å². The molecule has 4 heteroatoms. The number of hydrogen-bond donors (Lipinski definition) is 1. The van der Waals surface area contributed by atoms with Crippen molar-refractivity contribution in [2.24, 2.45) is 0 Å². The van der Waals surface area contributed by atoms with E-state index in [0.717, 1.165) is 11.3 Å². The second-order valence-corrected chi connectivity index (χ2v) is 4.09. The smallest absolute Gasteiger partial charge is 0.181 e. The average Bonchev–Trinajstić information content (AvgIpc) is 3.09. The first-order valence-corrected chi connectivity index (χ1v) is 7.74. The van der Waals surface area contributed by atoms with Crippen LogP contribution in [0, 0.1) is 6.92 Å². The molecule has 0 aliphatic rings. The van der Waals surface area contributed by atoms with Crippen LogP contribution in [0.5, 0.6) is 0 Å². The molecule has 0 radical (unpaired) electrons. The van der Waals surface area contributed by atoms with Crippen molar-refractivity contribution in [3.05, 3.63) is 54.2 Å². The van der Waals surface area contributed by atoms with Crippen molar-refractivity contribution >= 4 is 0 Å². The third-order valence-electron chi connectivity index (χ3n) is 2.67. The lowest BCUT2D eigenvalue weighted by Gasteiger charge is -1.96. The SMILES string of the molecule is CC.CC.Cc1cccc(-c2n[nH]c(-c3ccccn3)n2)c1. The molecule has 22 heavy (non-hydrogen) atoms. The van der Waals surface area contributed by atoms with Crippen molar-refractivity contribution in [3.8, 4) is 22.9 Å². The maximum atomic E-state index is 4.46. The molecule has 3 aromatic rings. The van der Waals surface area contributed by atoms with Gasteiger partial charge in [0.25, 0.3) is 0 Å². The van der Waals surface area contributed by atoms with Gasteiger partial charge in [0.05, 0.1) is 0 Å². The van der Waals surface area contributed by atoms with Crippen LogP contribution in [-0.4, -0.2) is 20.2 Å². The van der Waals surface area contributed by atoms with E-state index in [1.54, 1.807) is 6.20 Å². The Bertz CT molecular complexity index is 660. The second-order valence-electron chi connectivity index (χ2n) is 4.09. The summed E-state index contributed by atoms with van der Waals surface area (Å²) in [5.74, 6) is 1.38. The topological polar surface area (TPSA) is 54.5 Å². The van der Waals surface area contributed by atoms with Crippen LogP contribution in [0.25, 0.3) is 22.9 Å². The van der Waals surface area contributed by atoms with Crippen LogP contribution in [0.3, 0.4) is 0 Å². The van der Waals surface area contributed by atoms with Gasteiger partial charge in [0.2, 0.25) is 0 Å². The maximum absolute atomic E-state index is 4.46. The second kappa shape index (κ2) is 9.45. The fourth-order valence-electron chi connectivity index (χ4n) is 1.79. The molecule has 0 fully saturated rings. The van der Waals surface area contributed by atoms with Gasteiger partial charge in [0.1, 0.15) is 5.69 Å². The van der Waals surface area contributed by atoms with E-state index in [9.17, 15) is 0 Å². The Morgan fingerprint density at radius 1 is 0.909 bits per heavy atom. The molecule has 0 aliphatic carbocycles. The highest BCUT2D eigenvalue weighted by Gasteiger charge is 2.07. The van der Waals surface area contributed by atoms with Gasteiger partial charge in [-0.25, -0.2) is 4.98 Å². The summed E-state index contributed by atoms with van der Waals surface area (Å²) in [5.41, 5.74) is 2.99. The van der Waals surface area contributed by atoms with Gasteiger partial charge in [-0.2, -0.15) is 5.10 Å². The quantitative estimate of drug-likeness (QED) is 0.732. The lowest BCUT2D eigenvalue weighted by atomic mass is 10.1. The Labute approximate surface area is 132 Å². The number of aryl methyl sites for hydroxylation is 1. The van der Waals surface area contributed by atoms with Gasteiger partial charge in [-0.1, -0.05) is 57.5 Å². The monoisotopic (exact) mass is 296 g/mol. The van der Waals surface area contributed by atoms with Crippen molar-refractivity contribution < 1.29 is 0 Å². The summed E-state index contributed by atoms with van der Waals surface area (Å²) in [6.07, 6.45) is 1.74. The molecule has 0 bridgehead atoms. The zero-order valence-corrected chi connectivity index (χ0v) is 14.0. The first-order valence-electron chi connectivity index (χ1n) is 7.74. The van der Waals surface area contributed by atoms with E-state index in [1.165, 1.54) is 5.56 Å². The number of benzene rings is 1. The van der Waals surface area contributed by atoms with E-state index in [2.05, 4.69) is 39.2 Å². The standard InChI is InChI=1S/C14H12N4.2C2H6/c1-10-5-4-6-11(9-10)13-16-14(18-17-13)12-7-2-3-8-15-12;2*1-2/h2-9H,1H3,(H,16,17,18);2*1-2H3. The van der Waals surface area contributed by atoms with Crippen molar-refractivity contribution in [2.45, 2.75) is 34.6 Å². The van der Waals surface area contributed by atoms with Crippen LogP contribution in [0.2, 0.25) is 0 Å². The van der Waals surface area contributed by atoms with Crippen LogP contribution in [0.15, 0.2) is 48.7 Å². The van der Waals surface area contributed by atoms with Gasteiger partial charge in [0.15, 0.2) is 11.6 Å². The molecule has 0 saturated carbocycles. The van der Waals surface area contributed by atoms with Gasteiger partial charge >= 0.3 is 0 Å². The van der Waals surface area contributed by atoms with E-state index in [1.807, 2.05) is 58.0 Å². The zero-order chi connectivity index (χ0) is 16.4. The van der Waals surface area contributed by atoms with Crippen molar-refractivity contribution in [1.29, 1.82) is 0 Å². The Morgan fingerprint density at radius 2 is 1.68 bits per heavy atom. The fraction of sp³-hybridized carbons (Fsp3) is 0.278. The summed E-state index contributed by atoms with van der Waals surface area (Å²) in [4.78, 5) is 8.70. The first-order chi connectivity index (χ1) is 10.8. The molecule has 2 heterocycles. The van der Waals surface area contributed by atoms with Gasteiger partial charge in [0, 0.05) is 11.8 Å². The minimum atomic E-state index is 0.687. The molecule has 0 saturated heterocycles. The lowest BCUT2D eigenvalue weighted by molar-refractivity contribution is 1.09. The van der Waals surface area contributed by atoms with Crippen LogP contribution in [-0.2, 0) is 0 Å². The number of hydrogen-bond acceptors (Lipinski definition) is 3. The molecule has 0 spiro atoms. The number of nitrogens with zero attached hydrogens (tertiary/aromatic N) is 3. The molecule has 0 unspecified atom stereocenters. The molecule has 4 nitrogen and oxygen atoms in total. The molecule has 3 rings (SSSR count). The van der Waals surface area contributed by atoms with Crippen molar-refractivity contribution in [2.75, 3.05) is 0 Å². The summed E-state index contributed by atoms with van der Waals surface area (Å²) < 4.78 is 0. The van der Waals surface area contributed by atoms with E-state index >= 15 is 0 Å². The largest absolute Gasteiger partial charge is 0.257 e. The van der Waals surface area contributed by atoms with E-state index in [-0.39, 0.29) is 0 Å². The van der Waals surface area contributed by atoms with E-state index in [4.69, 9.17) is 0 Å². The molecular weight excluding hydrogens is 272 g/mol. The predicted molar refractivity (Wildman–Crippen MR) is 92.5 cm³/mol. The van der Waals surface area contributed by atoms with Gasteiger partial charge in [-0.3, -0.25) is 10.1 Å². The van der Waals surface area contributed by atoms with Crippen LogP contribution in [0.4, 0.5) is 0 Å². The summed E-state index contributed by atoms with van der Waals surface area (Å²) >= 11 is 0. The molecule has 0 atom stereocenters. The number of rotatable bonds is 2. The summed E-state index contributed by atoms with van der Waals surface area (Å²) in [7, 11) is 0. The number of aromatic amines is 1. The first kappa shape index (κ1) is 17.6. The molecule has 1 N–H and O–H groups in total. The molecule has 2 aromatic heterocycles. The van der Waals surface area contributed by atoms with Gasteiger partial charge in [-0.15, -0.1) is 0 Å². The Balaban J connectivity index is 0.000000561. The maximum Gasteiger partial charge on any atom is 0.181 e. The van der Waals surface area contributed by atoms with Crippen LogP contribution >= 0.6 is 0 Å². The lowest BCUT2D eigenvalue weighted by Crippen LogP contribution is -1.84. The fourth-order valence-corrected chi connectivity index (χ4v) is 1.79. The molecule has 1 aromatic carbocycles. The molecular formula is C18H24N4. The van der Waals surface area contributed by atoms with E-state index in [0.29, 0.717) is 11.6 Å². The number of H-pyrrole nitrogens is 1. The molecule has 0 aliphatic heterocycles. The average molecular weight is 296 g/mol. The van der Waals surface area contributed by atoms with Crippen LogP contribution < -0.4 is 0 Å². The number of pyridine rings is 1. The highest BCUT2D eigenvalue weighted by Crippen LogP contribution is 2.19. The zero-order valence-electron chi connectivity index (χ0n) is 14.0. The molecule has 0 amide bonds. The van der Waals surface area contributed by atoms with Gasteiger partial charge < -0.3 is 0 Å². The van der Waals surface area contributed by atoms with Crippen molar-refractivity contribution in [3.63, 3.8) is 0 Å². The predicted octanol–water partition coefficient (Wildman–Crippen LogP) is 4.89. The highest BCUT2D eigenvalue weighted by atomic mass is 15.2. The van der Waals surface area contributed by atoms with Crippen molar-refractivity contribution in [1.82, 2.24) is 20.2 Å². The third-order valence-corrected chi connectivity index (χ3v) is 2.67. The normalized spacial score (nSPS) is 9.14. The van der Waals surface area contributed by atoms with Gasteiger partial charge in [-0.05, 0) is 25.1 Å². The number of nitrogens with one attached hydrogen (secondary N) is 1.